The number of hydrogen-bond donors (Lipinski definition) is 2. The number of carboxylic acid groups (broad SMARTS) is 1. The fourth-order valence-corrected chi connectivity index (χ4v) is 1.86. The van der Waals surface area contributed by atoms with E-state index in [-0.39, 0.29) is 12.3 Å². The zero-order valence-corrected chi connectivity index (χ0v) is 12.2. The van der Waals surface area contributed by atoms with Gasteiger partial charge in [-0.3, -0.25) is 14.4 Å². The molecule has 0 aliphatic rings. The number of nitrogens with one attached hydrogen (secondary N) is 1. The van der Waals surface area contributed by atoms with Gasteiger partial charge in [0.15, 0.2) is 0 Å². The number of amides is 2. The van der Waals surface area contributed by atoms with Crippen LogP contribution in [0.25, 0.3) is 0 Å². The highest BCUT2D eigenvalue weighted by Crippen LogP contribution is 2.14. The molecule has 0 aliphatic heterocycles. The SMILES string of the molecule is CN(C)C(=O)CC(Cc1ccccc1)C(=O)NCC(=O)O. The normalized spacial score (nSPS) is 11.5. The van der Waals surface area contributed by atoms with Crippen molar-refractivity contribution in [3.8, 4) is 0 Å². The zero-order chi connectivity index (χ0) is 15.8. The molecule has 21 heavy (non-hydrogen) atoms. The molecule has 114 valence electrons. The van der Waals surface area contributed by atoms with Gasteiger partial charge in [-0.15, -0.1) is 0 Å². The van der Waals surface area contributed by atoms with E-state index in [0.717, 1.165) is 5.56 Å². The summed E-state index contributed by atoms with van der Waals surface area (Å²) in [5.74, 6) is -2.28. The van der Waals surface area contributed by atoms with Crippen LogP contribution in [0.1, 0.15) is 12.0 Å². The Morgan fingerprint density at radius 3 is 2.33 bits per heavy atom. The average Bonchev–Trinajstić information content (AvgIpc) is 2.44. The molecule has 0 radical (unpaired) electrons. The molecule has 0 spiro atoms. The second-order valence-corrected chi connectivity index (χ2v) is 4.99. The first-order valence-electron chi connectivity index (χ1n) is 6.63. The van der Waals surface area contributed by atoms with Gasteiger partial charge >= 0.3 is 5.97 Å². The van der Waals surface area contributed by atoms with Gasteiger partial charge in [0.2, 0.25) is 11.8 Å². The Labute approximate surface area is 123 Å². The van der Waals surface area contributed by atoms with Crippen molar-refractivity contribution in [3.63, 3.8) is 0 Å². The minimum absolute atomic E-state index is 0.0490. The van der Waals surface area contributed by atoms with Crippen LogP contribution in [-0.4, -0.2) is 48.4 Å². The van der Waals surface area contributed by atoms with Crippen molar-refractivity contribution in [2.45, 2.75) is 12.8 Å². The van der Waals surface area contributed by atoms with E-state index in [1.54, 1.807) is 14.1 Å². The topological polar surface area (TPSA) is 86.7 Å². The van der Waals surface area contributed by atoms with Gasteiger partial charge in [-0.1, -0.05) is 30.3 Å². The van der Waals surface area contributed by atoms with Gasteiger partial charge in [0.25, 0.3) is 0 Å². The standard InChI is InChI=1S/C15H20N2O4/c1-17(2)13(18)9-12(15(21)16-10-14(19)20)8-11-6-4-3-5-7-11/h3-7,12H,8-10H2,1-2H3,(H,16,21)(H,19,20). The van der Waals surface area contributed by atoms with Crippen molar-refractivity contribution < 1.29 is 19.5 Å². The van der Waals surface area contributed by atoms with Gasteiger partial charge in [-0.05, 0) is 12.0 Å². The Balaban J connectivity index is 2.76. The molecule has 2 amide bonds. The van der Waals surface area contributed by atoms with Crippen LogP contribution in [0.2, 0.25) is 0 Å². The lowest BCUT2D eigenvalue weighted by Gasteiger charge is -2.18. The number of carbonyl (C=O) groups is 3. The maximum absolute atomic E-state index is 12.1. The Morgan fingerprint density at radius 1 is 1.19 bits per heavy atom. The van der Waals surface area contributed by atoms with E-state index < -0.39 is 24.3 Å². The summed E-state index contributed by atoms with van der Waals surface area (Å²) in [6, 6.07) is 9.33. The van der Waals surface area contributed by atoms with Gasteiger partial charge in [-0.2, -0.15) is 0 Å². The predicted molar refractivity (Wildman–Crippen MR) is 77.6 cm³/mol. The molecule has 0 aliphatic carbocycles. The molecule has 1 atom stereocenters. The number of carboxylic acids is 1. The second-order valence-electron chi connectivity index (χ2n) is 4.99. The first-order chi connectivity index (χ1) is 9.90. The number of benzene rings is 1. The van der Waals surface area contributed by atoms with Crippen molar-refractivity contribution in [3.05, 3.63) is 35.9 Å². The van der Waals surface area contributed by atoms with E-state index in [1.807, 2.05) is 30.3 Å². The third-order valence-electron chi connectivity index (χ3n) is 3.03. The van der Waals surface area contributed by atoms with E-state index >= 15 is 0 Å². The number of carbonyl (C=O) groups excluding carboxylic acids is 2. The Morgan fingerprint density at radius 2 is 1.81 bits per heavy atom. The summed E-state index contributed by atoms with van der Waals surface area (Å²) in [7, 11) is 3.24. The van der Waals surface area contributed by atoms with Crippen LogP contribution in [0.4, 0.5) is 0 Å². The van der Waals surface area contributed by atoms with Crippen LogP contribution in [0.3, 0.4) is 0 Å². The fraction of sp³-hybridized carbons (Fsp3) is 0.400. The molecule has 0 saturated heterocycles. The summed E-state index contributed by atoms with van der Waals surface area (Å²) in [6.45, 7) is -0.444. The van der Waals surface area contributed by atoms with Crippen LogP contribution in [0.15, 0.2) is 30.3 Å². The monoisotopic (exact) mass is 292 g/mol. The van der Waals surface area contributed by atoms with Gasteiger partial charge in [0.05, 0.1) is 5.92 Å². The van der Waals surface area contributed by atoms with Gasteiger partial charge in [-0.25, -0.2) is 0 Å². The molecule has 1 aromatic rings. The third-order valence-corrected chi connectivity index (χ3v) is 3.03. The molecule has 1 unspecified atom stereocenters. The van der Waals surface area contributed by atoms with Crippen LogP contribution >= 0.6 is 0 Å². The maximum Gasteiger partial charge on any atom is 0.322 e. The molecule has 6 nitrogen and oxygen atoms in total. The molecule has 2 N–H and O–H groups in total. The van der Waals surface area contributed by atoms with Gasteiger partial charge in [0, 0.05) is 20.5 Å². The van der Waals surface area contributed by atoms with Gasteiger partial charge < -0.3 is 15.3 Å². The molecular formula is C15H20N2O4. The lowest BCUT2D eigenvalue weighted by atomic mass is 9.94. The van der Waals surface area contributed by atoms with Crippen molar-refractivity contribution >= 4 is 17.8 Å². The zero-order valence-electron chi connectivity index (χ0n) is 12.2. The first kappa shape index (κ1) is 16.7. The van der Waals surface area contributed by atoms with E-state index in [1.165, 1.54) is 4.90 Å². The number of hydrogen-bond acceptors (Lipinski definition) is 3. The molecule has 6 heteroatoms. The lowest BCUT2D eigenvalue weighted by molar-refractivity contribution is -0.139. The molecule has 0 aromatic heterocycles. The van der Waals surface area contributed by atoms with Crippen molar-refractivity contribution in [1.82, 2.24) is 10.2 Å². The fourth-order valence-electron chi connectivity index (χ4n) is 1.86. The number of aliphatic carboxylic acids is 1. The number of rotatable bonds is 7. The molecule has 0 saturated carbocycles. The molecule has 0 heterocycles. The lowest BCUT2D eigenvalue weighted by Crippen LogP contribution is -2.38. The van der Waals surface area contributed by atoms with Crippen molar-refractivity contribution in [2.75, 3.05) is 20.6 Å². The average molecular weight is 292 g/mol. The Hall–Kier alpha value is -2.37. The highest BCUT2D eigenvalue weighted by molar-refractivity contribution is 5.87. The minimum atomic E-state index is -1.11. The molecule has 0 fully saturated rings. The van der Waals surface area contributed by atoms with E-state index in [9.17, 15) is 14.4 Å². The van der Waals surface area contributed by atoms with Crippen molar-refractivity contribution in [2.24, 2.45) is 5.92 Å². The quantitative estimate of drug-likeness (QED) is 0.767. The van der Waals surface area contributed by atoms with Crippen LogP contribution in [0.5, 0.6) is 0 Å². The largest absolute Gasteiger partial charge is 0.480 e. The van der Waals surface area contributed by atoms with Crippen LogP contribution in [-0.2, 0) is 20.8 Å². The molecule has 1 rings (SSSR count). The maximum atomic E-state index is 12.1. The second kappa shape index (κ2) is 8.04. The minimum Gasteiger partial charge on any atom is -0.480 e. The van der Waals surface area contributed by atoms with Gasteiger partial charge in [0.1, 0.15) is 6.54 Å². The molecular weight excluding hydrogens is 272 g/mol. The first-order valence-corrected chi connectivity index (χ1v) is 6.63. The summed E-state index contributed by atoms with van der Waals surface area (Å²) in [5.41, 5.74) is 0.930. The van der Waals surface area contributed by atoms with Crippen molar-refractivity contribution in [1.29, 1.82) is 0 Å². The highest BCUT2D eigenvalue weighted by atomic mass is 16.4. The summed E-state index contributed by atoms with van der Waals surface area (Å²) < 4.78 is 0. The van der Waals surface area contributed by atoms with E-state index in [0.29, 0.717) is 6.42 Å². The van der Waals surface area contributed by atoms with E-state index in [2.05, 4.69) is 5.32 Å². The predicted octanol–water partition coefficient (Wildman–Crippen LogP) is 0.524. The summed E-state index contributed by atoms with van der Waals surface area (Å²) in [5, 5.41) is 11.0. The summed E-state index contributed by atoms with van der Waals surface area (Å²) >= 11 is 0. The van der Waals surface area contributed by atoms with Crippen LogP contribution < -0.4 is 5.32 Å². The van der Waals surface area contributed by atoms with E-state index in [4.69, 9.17) is 5.11 Å². The smallest absolute Gasteiger partial charge is 0.322 e. The Bertz CT molecular complexity index is 500. The third kappa shape index (κ3) is 6.07. The molecule has 1 aromatic carbocycles. The summed E-state index contributed by atoms with van der Waals surface area (Å²) in [6.07, 6.45) is 0.444. The van der Waals surface area contributed by atoms with Crippen LogP contribution in [0, 0.1) is 5.92 Å². The molecule has 0 bridgehead atoms. The highest BCUT2D eigenvalue weighted by Gasteiger charge is 2.23. The number of nitrogens with zero attached hydrogens (tertiary/aromatic N) is 1. The Kier molecular flexibility index (Phi) is 6.39. The summed E-state index contributed by atoms with van der Waals surface area (Å²) in [4.78, 5) is 35.8.